The number of ether oxygens (including phenoxy) is 2. The summed E-state index contributed by atoms with van der Waals surface area (Å²) >= 11 is 0. The first-order valence-electron chi connectivity index (χ1n) is 4.93. The Hall–Kier alpha value is -1.10. The van der Waals surface area contributed by atoms with Crippen LogP contribution in [0, 0.1) is 5.92 Å². The third kappa shape index (κ3) is 3.51. The van der Waals surface area contributed by atoms with E-state index in [0.717, 1.165) is 0 Å². The molecule has 2 atom stereocenters. The molecule has 1 aliphatic heterocycles. The highest BCUT2D eigenvalue weighted by atomic mass is 16.6. The molecule has 0 aliphatic carbocycles. The van der Waals surface area contributed by atoms with Gasteiger partial charge in [0.15, 0.2) is 0 Å². The van der Waals surface area contributed by atoms with Crippen LogP contribution in [0.4, 0.5) is 0 Å². The van der Waals surface area contributed by atoms with E-state index in [0.29, 0.717) is 0 Å². The summed E-state index contributed by atoms with van der Waals surface area (Å²) in [5.41, 5.74) is 5.13. The third-order valence-corrected chi connectivity index (χ3v) is 2.07. The van der Waals surface area contributed by atoms with Gasteiger partial charge in [-0.3, -0.25) is 9.59 Å². The Labute approximate surface area is 88.9 Å². The monoisotopic (exact) mass is 215 g/mol. The van der Waals surface area contributed by atoms with Gasteiger partial charge in [0.1, 0.15) is 11.6 Å². The maximum absolute atomic E-state index is 11.5. The van der Waals surface area contributed by atoms with Crippen LogP contribution in [0.2, 0.25) is 0 Å². The van der Waals surface area contributed by atoms with Gasteiger partial charge < -0.3 is 15.2 Å². The Bertz CT molecular complexity index is 269. The van der Waals surface area contributed by atoms with E-state index >= 15 is 0 Å². The molecule has 1 saturated heterocycles. The minimum absolute atomic E-state index is 0.195. The van der Waals surface area contributed by atoms with Crippen LogP contribution in [0.3, 0.4) is 0 Å². The molecule has 0 radical (unpaired) electrons. The van der Waals surface area contributed by atoms with Gasteiger partial charge in [-0.25, -0.2) is 0 Å². The lowest BCUT2D eigenvalue weighted by Gasteiger charge is -2.23. The molecular weight excluding hydrogens is 198 g/mol. The van der Waals surface area contributed by atoms with E-state index in [4.69, 9.17) is 15.2 Å². The molecule has 0 unspecified atom stereocenters. The topological polar surface area (TPSA) is 78.6 Å². The maximum Gasteiger partial charge on any atom is 0.323 e. The molecule has 5 nitrogen and oxygen atoms in total. The van der Waals surface area contributed by atoms with E-state index in [1.54, 1.807) is 20.8 Å². The number of carbonyl (C=O) groups excluding carboxylic acids is 2. The fourth-order valence-electron chi connectivity index (χ4n) is 1.32. The molecule has 0 spiro atoms. The van der Waals surface area contributed by atoms with Gasteiger partial charge in [0.25, 0.3) is 0 Å². The van der Waals surface area contributed by atoms with E-state index in [2.05, 4.69) is 0 Å². The van der Waals surface area contributed by atoms with Gasteiger partial charge in [-0.15, -0.1) is 0 Å². The second-order valence-corrected chi connectivity index (χ2v) is 4.71. The minimum atomic E-state index is -0.782. The van der Waals surface area contributed by atoms with Crippen molar-refractivity contribution in [2.45, 2.75) is 38.8 Å². The van der Waals surface area contributed by atoms with Crippen LogP contribution in [0.5, 0.6) is 0 Å². The van der Waals surface area contributed by atoms with E-state index in [1.807, 2.05) is 0 Å². The van der Waals surface area contributed by atoms with E-state index < -0.39 is 17.6 Å². The highest BCUT2D eigenvalue weighted by molar-refractivity contribution is 5.79. The van der Waals surface area contributed by atoms with E-state index in [-0.39, 0.29) is 24.9 Å². The second-order valence-electron chi connectivity index (χ2n) is 4.71. The summed E-state index contributed by atoms with van der Waals surface area (Å²) in [4.78, 5) is 22.4. The van der Waals surface area contributed by atoms with Crippen LogP contribution >= 0.6 is 0 Å². The van der Waals surface area contributed by atoms with Crippen LogP contribution in [0.15, 0.2) is 0 Å². The van der Waals surface area contributed by atoms with Gasteiger partial charge in [-0.05, 0) is 20.8 Å². The zero-order valence-corrected chi connectivity index (χ0v) is 9.28. The average molecular weight is 215 g/mol. The molecule has 2 N–H and O–H groups in total. The number of hydrogen-bond donors (Lipinski definition) is 1. The normalized spacial score (nSPS) is 23.5. The Kier molecular flexibility index (Phi) is 3.34. The summed E-state index contributed by atoms with van der Waals surface area (Å²) in [7, 11) is 0. The molecular formula is C10H17NO4. The van der Waals surface area contributed by atoms with E-state index in [9.17, 15) is 9.59 Å². The maximum atomic E-state index is 11.5. The molecule has 5 heteroatoms. The highest BCUT2D eigenvalue weighted by Gasteiger charge is 2.35. The van der Waals surface area contributed by atoms with Crippen molar-refractivity contribution in [1.29, 1.82) is 0 Å². The zero-order valence-electron chi connectivity index (χ0n) is 9.28. The summed E-state index contributed by atoms with van der Waals surface area (Å²) in [5.74, 6) is -1.04. The Morgan fingerprint density at radius 2 is 2.20 bits per heavy atom. The van der Waals surface area contributed by atoms with Crippen molar-refractivity contribution in [3.8, 4) is 0 Å². The predicted octanol–water partition coefficient (Wildman–Crippen LogP) is 0.218. The molecule has 1 fully saturated rings. The minimum Gasteiger partial charge on any atom is -0.465 e. The summed E-state index contributed by atoms with van der Waals surface area (Å²) in [6.45, 7) is 5.52. The van der Waals surface area contributed by atoms with Crippen molar-refractivity contribution in [2.24, 2.45) is 11.7 Å². The number of rotatable bonds is 2. The van der Waals surface area contributed by atoms with Crippen molar-refractivity contribution >= 4 is 11.9 Å². The number of carbonyl (C=O) groups is 2. The lowest BCUT2D eigenvalue weighted by atomic mass is 10.00. The third-order valence-electron chi connectivity index (χ3n) is 2.07. The van der Waals surface area contributed by atoms with Crippen LogP contribution in [-0.2, 0) is 19.1 Å². The second kappa shape index (κ2) is 4.18. The quantitative estimate of drug-likeness (QED) is 0.666. The lowest BCUT2D eigenvalue weighted by molar-refractivity contribution is -0.157. The van der Waals surface area contributed by atoms with Gasteiger partial charge in [0.2, 0.25) is 0 Å². The number of hydrogen-bond acceptors (Lipinski definition) is 5. The van der Waals surface area contributed by atoms with Gasteiger partial charge in [-0.2, -0.15) is 0 Å². The fraction of sp³-hybridized carbons (Fsp3) is 0.800. The summed E-state index contributed by atoms with van der Waals surface area (Å²) in [6, 6.07) is -0.782. The van der Waals surface area contributed by atoms with Crippen molar-refractivity contribution in [1.82, 2.24) is 0 Å². The number of nitrogens with two attached hydrogens (primary N) is 1. The van der Waals surface area contributed by atoms with Gasteiger partial charge >= 0.3 is 11.9 Å². The van der Waals surface area contributed by atoms with Crippen LogP contribution in [-0.4, -0.2) is 30.2 Å². The first-order chi connectivity index (χ1) is 6.79. The molecule has 86 valence electrons. The van der Waals surface area contributed by atoms with Crippen LogP contribution in [0.1, 0.15) is 27.2 Å². The van der Waals surface area contributed by atoms with Crippen molar-refractivity contribution < 1.29 is 19.1 Å². The Balaban J connectivity index is 2.50. The van der Waals surface area contributed by atoms with Gasteiger partial charge in [0, 0.05) is 5.92 Å². The summed E-state index contributed by atoms with van der Waals surface area (Å²) < 4.78 is 9.86. The SMILES string of the molecule is CC(C)(C)OC(=O)[C@@H](N)[C@H]1COC(=O)C1. The molecule has 0 saturated carbocycles. The molecule has 0 aromatic rings. The predicted molar refractivity (Wildman–Crippen MR) is 52.9 cm³/mol. The van der Waals surface area contributed by atoms with Crippen molar-refractivity contribution in [3.63, 3.8) is 0 Å². The fourth-order valence-corrected chi connectivity index (χ4v) is 1.32. The van der Waals surface area contributed by atoms with Crippen molar-refractivity contribution in [2.75, 3.05) is 6.61 Å². The zero-order chi connectivity index (χ0) is 11.6. The molecule has 1 heterocycles. The first-order valence-corrected chi connectivity index (χ1v) is 4.93. The molecule has 1 aliphatic rings. The Morgan fingerprint density at radius 3 is 2.60 bits per heavy atom. The van der Waals surface area contributed by atoms with Crippen LogP contribution < -0.4 is 5.73 Å². The lowest BCUT2D eigenvalue weighted by Crippen LogP contribution is -2.42. The van der Waals surface area contributed by atoms with Gasteiger partial charge in [-0.1, -0.05) is 0 Å². The highest BCUT2D eigenvalue weighted by Crippen LogP contribution is 2.19. The number of cyclic esters (lactones) is 1. The first kappa shape index (κ1) is 12.0. The molecule has 15 heavy (non-hydrogen) atoms. The number of esters is 2. The van der Waals surface area contributed by atoms with Gasteiger partial charge in [0.05, 0.1) is 13.0 Å². The smallest absolute Gasteiger partial charge is 0.323 e. The molecule has 0 aromatic heterocycles. The summed E-state index contributed by atoms with van der Waals surface area (Å²) in [5, 5.41) is 0. The van der Waals surface area contributed by atoms with E-state index in [1.165, 1.54) is 0 Å². The molecule has 0 aromatic carbocycles. The summed E-state index contributed by atoms with van der Waals surface area (Å²) in [6.07, 6.45) is 0.195. The van der Waals surface area contributed by atoms with Crippen LogP contribution in [0.25, 0.3) is 0 Å². The molecule has 0 amide bonds. The largest absolute Gasteiger partial charge is 0.465 e. The molecule has 1 rings (SSSR count). The Morgan fingerprint density at radius 1 is 1.60 bits per heavy atom. The van der Waals surface area contributed by atoms with Crippen molar-refractivity contribution in [3.05, 3.63) is 0 Å². The standard InChI is InChI=1S/C10H17NO4/c1-10(2,3)15-9(13)8(11)6-4-7(12)14-5-6/h6,8H,4-5,11H2,1-3H3/t6-,8+/m1/s1. The average Bonchev–Trinajstić information content (AvgIpc) is 2.47. The molecule has 0 bridgehead atoms.